The van der Waals surface area contributed by atoms with Crippen LogP contribution in [0.25, 0.3) is 0 Å². The molecule has 2 N–H and O–H groups in total. The minimum Gasteiger partial charge on any atom is -0.349 e. The Bertz CT molecular complexity index is 416. The van der Waals surface area contributed by atoms with E-state index in [9.17, 15) is 4.79 Å². The highest BCUT2D eigenvalue weighted by Crippen LogP contribution is 2.19. The van der Waals surface area contributed by atoms with Crippen molar-refractivity contribution >= 4 is 21.8 Å². The topological polar surface area (TPSA) is 41.1 Å². The summed E-state index contributed by atoms with van der Waals surface area (Å²) in [5.41, 5.74) is 1.13. The average molecular weight is 311 g/mol. The SMILES string of the molecule is C[C@H](NC(=O)[C@@H]1CCCNC1)c1cccc(Br)c1. The lowest BCUT2D eigenvalue weighted by atomic mass is 9.98. The molecule has 0 unspecified atom stereocenters. The number of halogens is 1. The quantitative estimate of drug-likeness (QED) is 0.901. The largest absolute Gasteiger partial charge is 0.349 e. The van der Waals surface area contributed by atoms with Gasteiger partial charge in [-0.25, -0.2) is 0 Å². The van der Waals surface area contributed by atoms with E-state index < -0.39 is 0 Å². The summed E-state index contributed by atoms with van der Waals surface area (Å²) in [6.45, 7) is 3.86. The van der Waals surface area contributed by atoms with Crippen molar-refractivity contribution in [3.63, 3.8) is 0 Å². The van der Waals surface area contributed by atoms with Crippen molar-refractivity contribution in [1.29, 1.82) is 0 Å². The number of amides is 1. The maximum Gasteiger partial charge on any atom is 0.224 e. The number of carbonyl (C=O) groups is 1. The molecule has 18 heavy (non-hydrogen) atoms. The molecule has 1 fully saturated rings. The normalized spacial score (nSPS) is 21.3. The van der Waals surface area contributed by atoms with E-state index in [0.29, 0.717) is 0 Å². The van der Waals surface area contributed by atoms with Gasteiger partial charge in [0.25, 0.3) is 0 Å². The van der Waals surface area contributed by atoms with E-state index in [0.717, 1.165) is 36.0 Å². The molecular formula is C14H19BrN2O. The van der Waals surface area contributed by atoms with Gasteiger partial charge >= 0.3 is 0 Å². The second-order valence-electron chi connectivity index (χ2n) is 4.83. The van der Waals surface area contributed by atoms with Gasteiger partial charge in [0.1, 0.15) is 0 Å². The van der Waals surface area contributed by atoms with E-state index in [1.54, 1.807) is 0 Å². The van der Waals surface area contributed by atoms with Crippen LogP contribution < -0.4 is 10.6 Å². The third-order valence-corrected chi connectivity index (χ3v) is 3.87. The molecule has 0 spiro atoms. The number of hydrogen-bond acceptors (Lipinski definition) is 2. The van der Waals surface area contributed by atoms with E-state index in [2.05, 4.69) is 26.6 Å². The Morgan fingerprint density at radius 2 is 2.39 bits per heavy atom. The van der Waals surface area contributed by atoms with Crippen molar-refractivity contribution in [3.05, 3.63) is 34.3 Å². The van der Waals surface area contributed by atoms with Crippen molar-refractivity contribution in [2.75, 3.05) is 13.1 Å². The molecule has 1 aromatic carbocycles. The third kappa shape index (κ3) is 3.56. The maximum atomic E-state index is 12.1. The van der Waals surface area contributed by atoms with Crippen LogP contribution in [0.3, 0.4) is 0 Å². The predicted octanol–water partition coefficient (Wildman–Crippen LogP) is 2.63. The van der Waals surface area contributed by atoms with Crippen LogP contribution in [0, 0.1) is 5.92 Å². The summed E-state index contributed by atoms with van der Waals surface area (Å²) in [5.74, 6) is 0.281. The summed E-state index contributed by atoms with van der Waals surface area (Å²) in [6, 6.07) is 8.11. The fraction of sp³-hybridized carbons (Fsp3) is 0.500. The Labute approximate surface area is 116 Å². The van der Waals surface area contributed by atoms with Crippen molar-refractivity contribution < 1.29 is 4.79 Å². The third-order valence-electron chi connectivity index (χ3n) is 3.38. The molecule has 1 aliphatic heterocycles. The summed E-state index contributed by atoms with van der Waals surface area (Å²) in [6.07, 6.45) is 2.08. The van der Waals surface area contributed by atoms with Crippen LogP contribution in [0.5, 0.6) is 0 Å². The van der Waals surface area contributed by atoms with Crippen LogP contribution in [-0.2, 0) is 4.79 Å². The standard InChI is InChI=1S/C14H19BrN2O/c1-10(11-4-2-6-13(15)8-11)17-14(18)12-5-3-7-16-9-12/h2,4,6,8,10,12,16H,3,5,7,9H2,1H3,(H,17,18)/t10-,12+/m0/s1. The van der Waals surface area contributed by atoms with Crippen molar-refractivity contribution in [1.82, 2.24) is 10.6 Å². The summed E-state index contributed by atoms with van der Waals surface area (Å²) in [7, 11) is 0. The van der Waals surface area contributed by atoms with Gasteiger partial charge in [0.05, 0.1) is 12.0 Å². The highest BCUT2D eigenvalue weighted by atomic mass is 79.9. The molecule has 0 aromatic heterocycles. The lowest BCUT2D eigenvalue weighted by Gasteiger charge is -2.24. The summed E-state index contributed by atoms with van der Waals surface area (Å²) >= 11 is 3.45. The van der Waals surface area contributed by atoms with Gasteiger partial charge in [-0.1, -0.05) is 28.1 Å². The molecule has 3 nitrogen and oxygen atoms in total. The van der Waals surface area contributed by atoms with Gasteiger partial charge in [-0.2, -0.15) is 0 Å². The molecule has 1 aromatic rings. The minimum atomic E-state index is 0.0527. The first kappa shape index (κ1) is 13.6. The van der Waals surface area contributed by atoms with Gasteiger partial charge in [0, 0.05) is 11.0 Å². The van der Waals surface area contributed by atoms with Gasteiger partial charge in [-0.15, -0.1) is 0 Å². The second-order valence-corrected chi connectivity index (χ2v) is 5.74. The van der Waals surface area contributed by atoms with Gasteiger partial charge in [-0.05, 0) is 44.0 Å². The molecule has 1 amide bonds. The highest BCUT2D eigenvalue weighted by molar-refractivity contribution is 9.10. The molecule has 0 saturated carbocycles. The summed E-state index contributed by atoms with van der Waals surface area (Å²) in [5, 5.41) is 6.36. The maximum absolute atomic E-state index is 12.1. The van der Waals surface area contributed by atoms with Gasteiger partial charge in [0.2, 0.25) is 5.91 Å². The van der Waals surface area contributed by atoms with Gasteiger partial charge in [0.15, 0.2) is 0 Å². The van der Waals surface area contributed by atoms with Crippen LogP contribution in [0.2, 0.25) is 0 Å². The fourth-order valence-electron chi connectivity index (χ4n) is 2.27. The van der Waals surface area contributed by atoms with Crippen molar-refractivity contribution in [2.24, 2.45) is 5.92 Å². The van der Waals surface area contributed by atoms with E-state index in [4.69, 9.17) is 0 Å². The minimum absolute atomic E-state index is 0.0527. The number of hydrogen-bond donors (Lipinski definition) is 2. The Balaban J connectivity index is 1.94. The van der Waals surface area contributed by atoms with E-state index in [1.165, 1.54) is 0 Å². The van der Waals surface area contributed by atoms with Crippen LogP contribution in [0.1, 0.15) is 31.4 Å². The number of benzene rings is 1. The lowest BCUT2D eigenvalue weighted by molar-refractivity contribution is -0.126. The molecular weight excluding hydrogens is 292 g/mol. The van der Waals surface area contributed by atoms with Crippen LogP contribution in [0.4, 0.5) is 0 Å². The highest BCUT2D eigenvalue weighted by Gasteiger charge is 2.22. The zero-order valence-corrected chi connectivity index (χ0v) is 12.2. The molecule has 1 aliphatic rings. The van der Waals surface area contributed by atoms with Gasteiger partial charge in [-0.3, -0.25) is 4.79 Å². The van der Waals surface area contributed by atoms with E-state index >= 15 is 0 Å². The van der Waals surface area contributed by atoms with E-state index in [1.807, 2.05) is 31.2 Å². The number of rotatable bonds is 3. The molecule has 4 heteroatoms. The molecule has 0 bridgehead atoms. The van der Waals surface area contributed by atoms with E-state index in [-0.39, 0.29) is 17.9 Å². The number of nitrogens with one attached hydrogen (secondary N) is 2. The monoisotopic (exact) mass is 310 g/mol. The molecule has 0 aliphatic carbocycles. The molecule has 1 saturated heterocycles. The number of piperidine rings is 1. The molecule has 98 valence electrons. The molecule has 2 rings (SSSR count). The number of carbonyl (C=O) groups excluding carboxylic acids is 1. The first-order valence-electron chi connectivity index (χ1n) is 6.43. The Kier molecular flexibility index (Phi) is 4.78. The molecule has 0 radical (unpaired) electrons. The smallest absolute Gasteiger partial charge is 0.224 e. The van der Waals surface area contributed by atoms with Crippen molar-refractivity contribution in [3.8, 4) is 0 Å². The summed E-state index contributed by atoms with van der Waals surface area (Å²) < 4.78 is 1.04. The zero-order valence-electron chi connectivity index (χ0n) is 10.6. The van der Waals surface area contributed by atoms with Crippen LogP contribution in [0.15, 0.2) is 28.7 Å². The first-order chi connectivity index (χ1) is 8.66. The Hall–Kier alpha value is -0.870. The van der Waals surface area contributed by atoms with Crippen LogP contribution >= 0.6 is 15.9 Å². The predicted molar refractivity (Wildman–Crippen MR) is 76.3 cm³/mol. The Morgan fingerprint density at radius 1 is 1.56 bits per heavy atom. The van der Waals surface area contributed by atoms with Crippen molar-refractivity contribution in [2.45, 2.75) is 25.8 Å². The second kappa shape index (κ2) is 6.34. The summed E-state index contributed by atoms with van der Waals surface area (Å²) in [4.78, 5) is 12.1. The van der Waals surface area contributed by atoms with Crippen LogP contribution in [-0.4, -0.2) is 19.0 Å². The molecule has 2 atom stereocenters. The fourth-order valence-corrected chi connectivity index (χ4v) is 2.68. The zero-order chi connectivity index (χ0) is 13.0. The molecule has 1 heterocycles. The Morgan fingerprint density at radius 3 is 3.06 bits per heavy atom. The first-order valence-corrected chi connectivity index (χ1v) is 7.22. The van der Waals surface area contributed by atoms with Gasteiger partial charge < -0.3 is 10.6 Å². The average Bonchev–Trinajstić information content (AvgIpc) is 2.39. The lowest BCUT2D eigenvalue weighted by Crippen LogP contribution is -2.41.